The number of ether oxygens (including phenoxy) is 1. The summed E-state index contributed by atoms with van der Waals surface area (Å²) in [5, 5.41) is 2.80. The summed E-state index contributed by atoms with van der Waals surface area (Å²) >= 11 is 0. The SMILES string of the molecule is COc1cccc(NC(=O)CN(C)C(=O)c2cc(C)n(-c3cccc(C)c3)c2C)c1. The van der Waals surface area contributed by atoms with Gasteiger partial charge in [0, 0.05) is 35.9 Å². The molecule has 0 radical (unpaired) electrons. The summed E-state index contributed by atoms with van der Waals surface area (Å²) < 4.78 is 7.23. The van der Waals surface area contributed by atoms with E-state index in [0.717, 1.165) is 22.6 Å². The molecule has 0 aliphatic rings. The average Bonchev–Trinajstić information content (AvgIpc) is 3.01. The fourth-order valence-electron chi connectivity index (χ4n) is 3.54. The highest BCUT2D eigenvalue weighted by molar-refractivity contribution is 6.00. The minimum atomic E-state index is -0.272. The number of likely N-dealkylation sites (N-methyl/N-ethyl adjacent to an activating group) is 1. The topological polar surface area (TPSA) is 63.6 Å². The summed E-state index contributed by atoms with van der Waals surface area (Å²) in [7, 11) is 3.20. The number of hydrogen-bond donors (Lipinski definition) is 1. The summed E-state index contributed by atoms with van der Waals surface area (Å²) in [5.74, 6) is 0.190. The molecule has 0 bridgehead atoms. The third-order valence-electron chi connectivity index (χ3n) is 5.00. The lowest BCUT2D eigenvalue weighted by Gasteiger charge is -2.17. The molecule has 0 fully saturated rings. The highest BCUT2D eigenvalue weighted by atomic mass is 16.5. The molecule has 6 heteroatoms. The molecule has 2 aromatic carbocycles. The minimum absolute atomic E-state index is 0.0514. The van der Waals surface area contributed by atoms with Crippen LogP contribution in [0, 0.1) is 20.8 Å². The Morgan fingerprint density at radius 1 is 1.03 bits per heavy atom. The lowest BCUT2D eigenvalue weighted by molar-refractivity contribution is -0.116. The Hall–Kier alpha value is -3.54. The van der Waals surface area contributed by atoms with E-state index in [2.05, 4.69) is 16.0 Å². The third kappa shape index (κ3) is 4.54. The Morgan fingerprint density at radius 2 is 1.77 bits per heavy atom. The second kappa shape index (κ2) is 8.86. The molecule has 0 atom stereocenters. The second-order valence-electron chi connectivity index (χ2n) is 7.40. The number of aromatic nitrogens is 1. The van der Waals surface area contributed by atoms with Gasteiger partial charge in [0.25, 0.3) is 5.91 Å². The zero-order valence-electron chi connectivity index (χ0n) is 18.0. The second-order valence-corrected chi connectivity index (χ2v) is 7.40. The van der Waals surface area contributed by atoms with Gasteiger partial charge < -0.3 is 19.5 Å². The maximum atomic E-state index is 13.0. The van der Waals surface area contributed by atoms with Crippen molar-refractivity contribution < 1.29 is 14.3 Å². The standard InChI is InChI=1S/C24H27N3O3/c1-16-8-6-10-20(12-16)27-17(2)13-22(18(27)3)24(29)26(4)15-23(28)25-19-9-7-11-21(14-19)30-5/h6-14H,15H2,1-5H3,(H,25,28). The molecule has 156 valence electrons. The van der Waals surface area contributed by atoms with Crippen LogP contribution < -0.4 is 10.1 Å². The quantitative estimate of drug-likeness (QED) is 0.671. The van der Waals surface area contributed by atoms with Crippen LogP contribution in [0.3, 0.4) is 0 Å². The molecule has 1 aromatic heterocycles. The number of aryl methyl sites for hydroxylation is 2. The number of carbonyl (C=O) groups is 2. The van der Waals surface area contributed by atoms with E-state index in [9.17, 15) is 9.59 Å². The molecule has 0 aliphatic heterocycles. The van der Waals surface area contributed by atoms with Crippen LogP contribution in [0.4, 0.5) is 5.69 Å². The summed E-state index contributed by atoms with van der Waals surface area (Å²) in [5.41, 5.74) is 5.20. The van der Waals surface area contributed by atoms with Gasteiger partial charge in [-0.25, -0.2) is 0 Å². The number of nitrogens with zero attached hydrogens (tertiary/aromatic N) is 2. The molecule has 0 spiro atoms. The van der Waals surface area contributed by atoms with Crippen LogP contribution in [0.25, 0.3) is 5.69 Å². The van der Waals surface area contributed by atoms with Gasteiger partial charge in [-0.05, 0) is 56.7 Å². The normalized spacial score (nSPS) is 10.6. The lowest BCUT2D eigenvalue weighted by atomic mass is 10.2. The molecular weight excluding hydrogens is 378 g/mol. The zero-order valence-corrected chi connectivity index (χ0v) is 18.0. The van der Waals surface area contributed by atoms with Crippen molar-refractivity contribution in [2.24, 2.45) is 0 Å². The number of hydrogen-bond acceptors (Lipinski definition) is 3. The Kier molecular flexibility index (Phi) is 6.26. The van der Waals surface area contributed by atoms with E-state index in [1.807, 2.05) is 45.0 Å². The van der Waals surface area contributed by atoms with Gasteiger partial charge in [-0.15, -0.1) is 0 Å². The number of amides is 2. The van der Waals surface area contributed by atoms with Crippen LogP contribution in [0.1, 0.15) is 27.3 Å². The highest BCUT2D eigenvalue weighted by Gasteiger charge is 2.21. The molecule has 30 heavy (non-hydrogen) atoms. The van der Waals surface area contributed by atoms with Crippen molar-refractivity contribution in [1.29, 1.82) is 0 Å². The fraction of sp³-hybridized carbons (Fsp3) is 0.250. The van der Waals surface area contributed by atoms with Crippen LogP contribution in [-0.4, -0.2) is 42.0 Å². The molecule has 3 rings (SSSR count). The molecule has 0 saturated heterocycles. The molecule has 6 nitrogen and oxygen atoms in total. The van der Waals surface area contributed by atoms with Crippen LogP contribution in [-0.2, 0) is 4.79 Å². The first-order valence-corrected chi connectivity index (χ1v) is 9.75. The van der Waals surface area contributed by atoms with E-state index in [4.69, 9.17) is 4.74 Å². The molecule has 3 aromatic rings. The van der Waals surface area contributed by atoms with Crippen LogP contribution in [0.2, 0.25) is 0 Å². The first-order valence-electron chi connectivity index (χ1n) is 9.75. The summed E-state index contributed by atoms with van der Waals surface area (Å²) in [6.45, 7) is 5.89. The predicted octanol–water partition coefficient (Wildman–Crippen LogP) is 4.12. The molecular formula is C24H27N3O3. The Bertz CT molecular complexity index is 1090. The van der Waals surface area contributed by atoms with Gasteiger partial charge in [-0.3, -0.25) is 9.59 Å². The number of nitrogens with one attached hydrogen (secondary N) is 1. The molecule has 2 amide bonds. The maximum Gasteiger partial charge on any atom is 0.255 e. The average molecular weight is 405 g/mol. The van der Waals surface area contributed by atoms with E-state index < -0.39 is 0 Å². The predicted molar refractivity (Wildman–Crippen MR) is 119 cm³/mol. The van der Waals surface area contributed by atoms with E-state index >= 15 is 0 Å². The number of methoxy groups -OCH3 is 1. The van der Waals surface area contributed by atoms with Gasteiger partial charge in [-0.1, -0.05) is 18.2 Å². The van der Waals surface area contributed by atoms with Gasteiger partial charge in [0.2, 0.25) is 5.91 Å². The highest BCUT2D eigenvalue weighted by Crippen LogP contribution is 2.23. The Balaban J connectivity index is 1.74. The number of anilines is 1. The van der Waals surface area contributed by atoms with Gasteiger partial charge in [-0.2, -0.15) is 0 Å². The summed E-state index contributed by atoms with van der Waals surface area (Å²) in [4.78, 5) is 26.9. The van der Waals surface area contributed by atoms with Gasteiger partial charge in [0.15, 0.2) is 0 Å². The lowest BCUT2D eigenvalue weighted by Crippen LogP contribution is -2.35. The van der Waals surface area contributed by atoms with Crippen molar-refractivity contribution in [3.8, 4) is 11.4 Å². The van der Waals surface area contributed by atoms with Crippen molar-refractivity contribution >= 4 is 17.5 Å². The van der Waals surface area contributed by atoms with Gasteiger partial charge in [0.05, 0.1) is 19.2 Å². The number of rotatable bonds is 6. The van der Waals surface area contributed by atoms with Crippen molar-refractivity contribution in [3.05, 3.63) is 77.1 Å². The molecule has 0 unspecified atom stereocenters. The van der Waals surface area contributed by atoms with Crippen LogP contribution in [0.5, 0.6) is 5.75 Å². The van der Waals surface area contributed by atoms with Crippen LogP contribution >= 0.6 is 0 Å². The first-order chi connectivity index (χ1) is 14.3. The Morgan fingerprint density at radius 3 is 2.47 bits per heavy atom. The summed E-state index contributed by atoms with van der Waals surface area (Å²) in [6.07, 6.45) is 0. The van der Waals surface area contributed by atoms with E-state index in [1.165, 1.54) is 4.90 Å². The zero-order chi connectivity index (χ0) is 21.8. The Labute approximate surface area is 177 Å². The van der Waals surface area contributed by atoms with Gasteiger partial charge in [0.1, 0.15) is 5.75 Å². The molecule has 0 aliphatic carbocycles. The third-order valence-corrected chi connectivity index (χ3v) is 5.00. The molecule has 1 heterocycles. The van der Waals surface area contributed by atoms with Gasteiger partial charge >= 0.3 is 0 Å². The monoisotopic (exact) mass is 405 g/mol. The van der Waals surface area contributed by atoms with Crippen LogP contribution in [0.15, 0.2) is 54.6 Å². The number of carbonyl (C=O) groups excluding carboxylic acids is 2. The van der Waals surface area contributed by atoms with E-state index in [-0.39, 0.29) is 18.4 Å². The smallest absolute Gasteiger partial charge is 0.255 e. The minimum Gasteiger partial charge on any atom is -0.497 e. The molecule has 1 N–H and O–H groups in total. The van der Waals surface area contributed by atoms with Crippen molar-refractivity contribution in [1.82, 2.24) is 9.47 Å². The summed E-state index contributed by atoms with van der Waals surface area (Å²) in [6, 6.07) is 17.1. The fourth-order valence-corrected chi connectivity index (χ4v) is 3.54. The van der Waals surface area contributed by atoms with Crippen molar-refractivity contribution in [2.75, 3.05) is 26.0 Å². The van der Waals surface area contributed by atoms with Crippen molar-refractivity contribution in [2.45, 2.75) is 20.8 Å². The van der Waals surface area contributed by atoms with E-state index in [1.54, 1.807) is 38.4 Å². The maximum absolute atomic E-state index is 13.0. The van der Waals surface area contributed by atoms with E-state index in [0.29, 0.717) is 17.0 Å². The first kappa shape index (κ1) is 21.2. The molecule has 0 saturated carbocycles. The van der Waals surface area contributed by atoms with Crippen molar-refractivity contribution in [3.63, 3.8) is 0 Å². The largest absolute Gasteiger partial charge is 0.497 e. The number of benzene rings is 2.